The SMILES string of the molecule is CC(C)(C)C[C@@H]1N[C@H](OC(=O)NCCCN)[C@H](c2cccc(Cl)c2)[C@@]1(C#N)c1ccc(Cl)cc1. The van der Waals surface area contributed by atoms with Crippen molar-refractivity contribution in [1.29, 1.82) is 5.26 Å². The maximum Gasteiger partial charge on any atom is 0.408 e. The van der Waals surface area contributed by atoms with Crippen molar-refractivity contribution in [3.8, 4) is 6.07 Å². The highest BCUT2D eigenvalue weighted by atomic mass is 35.5. The summed E-state index contributed by atoms with van der Waals surface area (Å²) in [5, 5.41) is 18.2. The molecule has 6 nitrogen and oxygen atoms in total. The number of alkyl carbamates (subject to hydrolysis) is 1. The third-order valence-corrected chi connectivity index (χ3v) is 6.61. The van der Waals surface area contributed by atoms with Crippen molar-refractivity contribution in [3.05, 3.63) is 69.7 Å². The zero-order chi connectivity index (χ0) is 24.9. The highest BCUT2D eigenvalue weighted by Gasteiger charge is 2.59. The van der Waals surface area contributed by atoms with Gasteiger partial charge in [0, 0.05) is 22.6 Å². The second-order valence-corrected chi connectivity index (χ2v) is 10.8. The summed E-state index contributed by atoms with van der Waals surface area (Å²) in [5.74, 6) is -0.509. The zero-order valence-electron chi connectivity index (χ0n) is 19.8. The van der Waals surface area contributed by atoms with Gasteiger partial charge >= 0.3 is 6.09 Å². The molecule has 1 aliphatic heterocycles. The fourth-order valence-corrected chi connectivity index (χ4v) is 5.05. The third kappa shape index (κ3) is 5.84. The van der Waals surface area contributed by atoms with Crippen molar-refractivity contribution in [1.82, 2.24) is 10.6 Å². The number of halogens is 2. The van der Waals surface area contributed by atoms with Gasteiger partial charge in [0.05, 0.1) is 12.0 Å². The van der Waals surface area contributed by atoms with Crippen LogP contribution in [0.2, 0.25) is 10.0 Å². The molecule has 4 atom stereocenters. The van der Waals surface area contributed by atoms with Gasteiger partial charge in [-0.05, 0) is 60.2 Å². The van der Waals surface area contributed by atoms with E-state index in [4.69, 9.17) is 33.7 Å². The van der Waals surface area contributed by atoms with E-state index in [-0.39, 0.29) is 11.5 Å². The van der Waals surface area contributed by atoms with Crippen molar-refractivity contribution >= 4 is 29.3 Å². The van der Waals surface area contributed by atoms with Crippen LogP contribution in [0.1, 0.15) is 50.7 Å². The number of nitrogens with two attached hydrogens (primary N) is 1. The summed E-state index contributed by atoms with van der Waals surface area (Å²) in [6.45, 7) is 7.26. The van der Waals surface area contributed by atoms with Crippen LogP contribution in [-0.2, 0) is 10.2 Å². The van der Waals surface area contributed by atoms with Gasteiger partial charge in [-0.15, -0.1) is 0 Å². The van der Waals surface area contributed by atoms with Crippen LogP contribution in [0, 0.1) is 16.7 Å². The number of hydrogen-bond acceptors (Lipinski definition) is 5. The van der Waals surface area contributed by atoms with E-state index in [1.165, 1.54) is 0 Å². The van der Waals surface area contributed by atoms with Crippen molar-refractivity contribution in [2.24, 2.45) is 11.1 Å². The van der Waals surface area contributed by atoms with E-state index in [0.717, 1.165) is 11.1 Å². The molecular weight excluding hydrogens is 471 g/mol. The summed E-state index contributed by atoms with van der Waals surface area (Å²) in [5.41, 5.74) is 6.02. The number of ether oxygens (including phenoxy) is 1. The molecule has 2 aromatic carbocycles. The molecule has 0 unspecified atom stereocenters. The number of benzene rings is 2. The van der Waals surface area contributed by atoms with Gasteiger partial charge in [-0.3, -0.25) is 5.32 Å². The molecular formula is C26H32Cl2N4O2. The molecule has 1 amide bonds. The molecule has 0 bridgehead atoms. The molecule has 0 aromatic heterocycles. The number of hydrogen-bond donors (Lipinski definition) is 3. The molecule has 182 valence electrons. The number of nitrogens with zero attached hydrogens (tertiary/aromatic N) is 1. The van der Waals surface area contributed by atoms with Gasteiger partial charge in [0.2, 0.25) is 0 Å². The second kappa shape index (κ2) is 11.0. The Morgan fingerprint density at radius 3 is 2.50 bits per heavy atom. The highest BCUT2D eigenvalue weighted by Crippen LogP contribution is 2.51. The van der Waals surface area contributed by atoms with Crippen LogP contribution in [-0.4, -0.2) is 31.5 Å². The minimum atomic E-state index is -1.04. The Bertz CT molecular complexity index is 1030. The van der Waals surface area contributed by atoms with Crippen LogP contribution in [0.15, 0.2) is 48.5 Å². The Morgan fingerprint density at radius 1 is 1.21 bits per heavy atom. The molecule has 0 aliphatic carbocycles. The van der Waals surface area contributed by atoms with Gasteiger partial charge in [-0.2, -0.15) is 5.26 Å². The molecule has 4 N–H and O–H groups in total. The van der Waals surface area contributed by atoms with E-state index in [0.29, 0.717) is 36.0 Å². The van der Waals surface area contributed by atoms with E-state index in [2.05, 4.69) is 37.5 Å². The highest BCUT2D eigenvalue weighted by molar-refractivity contribution is 6.30. The van der Waals surface area contributed by atoms with Gasteiger partial charge in [0.1, 0.15) is 5.41 Å². The smallest absolute Gasteiger partial charge is 0.408 e. The fourth-order valence-electron chi connectivity index (χ4n) is 4.72. The van der Waals surface area contributed by atoms with Crippen LogP contribution >= 0.6 is 23.2 Å². The minimum Gasteiger partial charge on any atom is -0.430 e. The lowest BCUT2D eigenvalue weighted by Crippen LogP contribution is -2.44. The first-order valence-electron chi connectivity index (χ1n) is 11.4. The second-order valence-electron chi connectivity index (χ2n) is 9.90. The van der Waals surface area contributed by atoms with Crippen LogP contribution in [0.3, 0.4) is 0 Å². The topological polar surface area (TPSA) is 100 Å². The Morgan fingerprint density at radius 2 is 1.91 bits per heavy atom. The predicted molar refractivity (Wildman–Crippen MR) is 136 cm³/mol. The predicted octanol–water partition coefficient (Wildman–Crippen LogP) is 5.35. The number of carbonyl (C=O) groups is 1. The lowest BCUT2D eigenvalue weighted by atomic mass is 9.64. The first-order chi connectivity index (χ1) is 16.1. The molecule has 1 heterocycles. The maximum atomic E-state index is 12.6. The number of nitrogens with one attached hydrogen (secondary N) is 2. The quantitative estimate of drug-likeness (QED) is 0.443. The first kappa shape index (κ1) is 26.3. The molecule has 8 heteroatoms. The van der Waals surface area contributed by atoms with Gasteiger partial charge in [0.25, 0.3) is 0 Å². The third-order valence-electron chi connectivity index (χ3n) is 6.12. The number of carbonyl (C=O) groups excluding carboxylic acids is 1. The van der Waals surface area contributed by atoms with Crippen LogP contribution in [0.5, 0.6) is 0 Å². The molecule has 1 aliphatic rings. The summed E-state index contributed by atoms with van der Waals surface area (Å²) in [6.07, 6.45) is 0.00990. The monoisotopic (exact) mass is 502 g/mol. The normalized spacial score (nSPS) is 24.4. The van der Waals surface area contributed by atoms with Gasteiger partial charge < -0.3 is 15.8 Å². The Hall–Kier alpha value is -2.30. The molecule has 3 rings (SSSR count). The lowest BCUT2D eigenvalue weighted by Gasteiger charge is -2.37. The van der Waals surface area contributed by atoms with E-state index < -0.39 is 23.7 Å². The van der Waals surface area contributed by atoms with E-state index in [1.807, 2.05) is 30.3 Å². The first-order valence-corrected chi connectivity index (χ1v) is 12.2. The van der Waals surface area contributed by atoms with E-state index >= 15 is 0 Å². The Labute approximate surface area is 211 Å². The minimum absolute atomic E-state index is 0.0939. The maximum absolute atomic E-state index is 12.6. The largest absolute Gasteiger partial charge is 0.430 e. The van der Waals surface area contributed by atoms with E-state index in [9.17, 15) is 10.1 Å². The standard InChI is InChI=1S/C26H32Cl2N4O2/c1-25(2,3)15-21-26(16-30,18-8-10-19(27)11-9-18)22(17-6-4-7-20(28)14-17)23(32-21)34-24(33)31-13-5-12-29/h4,6-11,14,21-23,32H,5,12-13,15,29H2,1-3H3,(H,31,33)/t21-,22-,23+,26-/m0/s1. The van der Waals surface area contributed by atoms with Crippen LogP contribution in [0.4, 0.5) is 4.79 Å². The van der Waals surface area contributed by atoms with Gasteiger partial charge in [0.15, 0.2) is 6.23 Å². The number of rotatable bonds is 7. The summed E-state index contributed by atoms with van der Waals surface area (Å²) in [6, 6.07) is 17.0. The average Bonchev–Trinajstić information content (AvgIpc) is 3.06. The fraction of sp³-hybridized carbons (Fsp3) is 0.462. The molecule has 0 saturated carbocycles. The van der Waals surface area contributed by atoms with Crippen molar-refractivity contribution in [3.63, 3.8) is 0 Å². The van der Waals surface area contributed by atoms with Gasteiger partial charge in [-0.25, -0.2) is 4.79 Å². The molecule has 1 saturated heterocycles. The van der Waals surface area contributed by atoms with E-state index in [1.54, 1.807) is 18.2 Å². The molecule has 0 radical (unpaired) electrons. The molecule has 0 spiro atoms. The molecule has 1 fully saturated rings. The molecule has 2 aromatic rings. The summed E-state index contributed by atoms with van der Waals surface area (Å²) < 4.78 is 5.89. The van der Waals surface area contributed by atoms with Crippen molar-refractivity contribution in [2.75, 3.05) is 13.1 Å². The summed E-state index contributed by atoms with van der Waals surface area (Å²) >= 11 is 12.5. The number of nitriles is 1. The van der Waals surface area contributed by atoms with Crippen molar-refractivity contribution < 1.29 is 9.53 Å². The van der Waals surface area contributed by atoms with Crippen LogP contribution < -0.4 is 16.4 Å². The average molecular weight is 503 g/mol. The summed E-state index contributed by atoms with van der Waals surface area (Å²) in [4.78, 5) is 12.6. The lowest BCUT2D eigenvalue weighted by molar-refractivity contribution is 0.0746. The van der Waals surface area contributed by atoms with Crippen LogP contribution in [0.25, 0.3) is 0 Å². The zero-order valence-corrected chi connectivity index (χ0v) is 21.3. The van der Waals surface area contributed by atoms with Gasteiger partial charge in [-0.1, -0.05) is 68.2 Å². The Balaban J connectivity index is 2.14. The number of amides is 1. The summed E-state index contributed by atoms with van der Waals surface area (Å²) in [7, 11) is 0. The van der Waals surface area contributed by atoms with Crippen molar-refractivity contribution in [2.45, 2.75) is 57.2 Å². The molecule has 34 heavy (non-hydrogen) atoms. The Kier molecular flexibility index (Phi) is 8.48.